The largest absolute Gasteiger partial charge is 0.481 e. The minimum atomic E-state index is -0.781. The van der Waals surface area contributed by atoms with Crippen molar-refractivity contribution in [2.45, 2.75) is 110 Å². The number of benzene rings is 1. The molecule has 3 aromatic rings. The SMILES string of the molecule is Cc1c(C(=O)N[C@H]2C[C@H](C(=O)O)C2)cc(-c2ccc(-c3nn[nH]c3C(C)C)c(C(C)(C)C)c2)n1CC1CCCCC1. The molecule has 2 aromatic heterocycles. The predicted molar refractivity (Wildman–Crippen MR) is 161 cm³/mol. The van der Waals surface area contributed by atoms with E-state index >= 15 is 0 Å². The van der Waals surface area contributed by atoms with E-state index in [-0.39, 0.29) is 29.2 Å². The van der Waals surface area contributed by atoms with Gasteiger partial charge in [-0.15, -0.1) is 5.10 Å². The summed E-state index contributed by atoms with van der Waals surface area (Å²) < 4.78 is 2.35. The number of amides is 1. The molecule has 2 fully saturated rings. The smallest absolute Gasteiger partial charge is 0.306 e. The van der Waals surface area contributed by atoms with E-state index in [9.17, 15) is 14.7 Å². The number of hydrogen-bond donors (Lipinski definition) is 3. The van der Waals surface area contributed by atoms with Crippen molar-refractivity contribution in [2.24, 2.45) is 11.8 Å². The zero-order chi connectivity index (χ0) is 29.5. The highest BCUT2D eigenvalue weighted by atomic mass is 16.4. The first-order valence-electron chi connectivity index (χ1n) is 15.2. The zero-order valence-electron chi connectivity index (χ0n) is 25.4. The van der Waals surface area contributed by atoms with Crippen LogP contribution in [0.4, 0.5) is 0 Å². The van der Waals surface area contributed by atoms with E-state index in [1.807, 2.05) is 13.0 Å². The number of hydrogen-bond acceptors (Lipinski definition) is 4. The van der Waals surface area contributed by atoms with Crippen molar-refractivity contribution in [2.75, 3.05) is 0 Å². The fraction of sp³-hybridized carbons (Fsp3) is 0.576. The molecule has 1 aromatic carbocycles. The van der Waals surface area contributed by atoms with Crippen LogP contribution in [-0.2, 0) is 16.8 Å². The van der Waals surface area contributed by atoms with E-state index in [0.29, 0.717) is 24.3 Å². The second-order valence-corrected chi connectivity index (χ2v) is 13.6. The Morgan fingerprint density at radius 1 is 1.12 bits per heavy atom. The molecule has 0 saturated heterocycles. The second kappa shape index (κ2) is 11.5. The molecule has 0 bridgehead atoms. The number of rotatable bonds is 8. The number of carboxylic acids is 1. The van der Waals surface area contributed by atoms with Crippen molar-refractivity contribution in [1.82, 2.24) is 25.3 Å². The summed E-state index contributed by atoms with van der Waals surface area (Å²) in [6, 6.07) is 8.54. The Bertz CT molecular complexity index is 1410. The van der Waals surface area contributed by atoms with Gasteiger partial charge in [-0.1, -0.05) is 71.2 Å². The van der Waals surface area contributed by atoms with Crippen molar-refractivity contribution in [3.05, 3.63) is 46.8 Å². The van der Waals surface area contributed by atoms with Crippen LogP contribution >= 0.6 is 0 Å². The molecule has 41 heavy (non-hydrogen) atoms. The van der Waals surface area contributed by atoms with Crippen LogP contribution in [-0.4, -0.2) is 43.0 Å². The summed E-state index contributed by atoms with van der Waals surface area (Å²) in [5.74, 6) is -0.389. The topological polar surface area (TPSA) is 113 Å². The molecule has 2 aliphatic carbocycles. The third-order valence-corrected chi connectivity index (χ3v) is 9.13. The molecular weight excluding hydrogens is 514 g/mol. The van der Waals surface area contributed by atoms with Crippen LogP contribution in [0.2, 0.25) is 0 Å². The molecule has 3 N–H and O–H groups in total. The summed E-state index contributed by atoms with van der Waals surface area (Å²) in [6.45, 7) is 13.9. The Balaban J connectivity index is 1.55. The third-order valence-electron chi connectivity index (χ3n) is 9.13. The Kier molecular flexibility index (Phi) is 8.13. The average Bonchev–Trinajstić information content (AvgIpc) is 3.51. The highest BCUT2D eigenvalue weighted by Crippen LogP contribution is 2.39. The zero-order valence-corrected chi connectivity index (χ0v) is 25.4. The van der Waals surface area contributed by atoms with Gasteiger partial charge in [-0.25, -0.2) is 0 Å². The van der Waals surface area contributed by atoms with Gasteiger partial charge in [-0.05, 0) is 73.1 Å². The van der Waals surface area contributed by atoms with Gasteiger partial charge < -0.3 is 15.0 Å². The molecule has 0 aliphatic heterocycles. The number of carboxylic acid groups (broad SMARTS) is 1. The van der Waals surface area contributed by atoms with Crippen molar-refractivity contribution in [3.8, 4) is 22.5 Å². The molecule has 0 radical (unpaired) electrons. The molecule has 220 valence electrons. The Hall–Kier alpha value is -3.42. The second-order valence-electron chi connectivity index (χ2n) is 13.6. The average molecular weight is 560 g/mol. The van der Waals surface area contributed by atoms with Gasteiger partial charge in [0.05, 0.1) is 17.2 Å². The van der Waals surface area contributed by atoms with Crippen LogP contribution in [0.3, 0.4) is 0 Å². The first-order chi connectivity index (χ1) is 19.4. The molecule has 2 aliphatic rings. The number of aromatic amines is 1. The molecule has 0 atom stereocenters. The molecule has 2 saturated carbocycles. The first kappa shape index (κ1) is 29.1. The molecule has 5 rings (SSSR count). The molecule has 8 nitrogen and oxygen atoms in total. The number of H-pyrrole nitrogens is 1. The Morgan fingerprint density at radius 3 is 2.46 bits per heavy atom. The lowest BCUT2D eigenvalue weighted by Gasteiger charge is -2.32. The van der Waals surface area contributed by atoms with Crippen molar-refractivity contribution < 1.29 is 14.7 Å². The lowest BCUT2D eigenvalue weighted by molar-refractivity contribution is -0.145. The minimum Gasteiger partial charge on any atom is -0.481 e. The van der Waals surface area contributed by atoms with Gasteiger partial charge in [0, 0.05) is 29.5 Å². The molecule has 2 heterocycles. The van der Waals surface area contributed by atoms with E-state index in [1.54, 1.807) is 0 Å². The number of nitrogens with one attached hydrogen (secondary N) is 2. The van der Waals surface area contributed by atoms with Crippen molar-refractivity contribution in [1.29, 1.82) is 0 Å². The Labute approximate surface area is 243 Å². The van der Waals surface area contributed by atoms with Gasteiger partial charge in [0.1, 0.15) is 5.69 Å². The summed E-state index contributed by atoms with van der Waals surface area (Å²) >= 11 is 0. The van der Waals surface area contributed by atoms with E-state index in [1.165, 1.54) is 37.7 Å². The lowest BCUT2D eigenvalue weighted by Crippen LogP contribution is -2.46. The van der Waals surface area contributed by atoms with Crippen LogP contribution < -0.4 is 5.32 Å². The summed E-state index contributed by atoms with van der Waals surface area (Å²) in [5, 5.41) is 24.1. The van der Waals surface area contributed by atoms with E-state index < -0.39 is 5.97 Å². The van der Waals surface area contributed by atoms with Crippen molar-refractivity contribution >= 4 is 11.9 Å². The van der Waals surface area contributed by atoms with E-state index in [0.717, 1.165) is 40.4 Å². The quantitative estimate of drug-likeness (QED) is 0.280. The van der Waals surface area contributed by atoms with Gasteiger partial charge in [-0.2, -0.15) is 0 Å². The minimum absolute atomic E-state index is 0.0856. The van der Waals surface area contributed by atoms with Crippen LogP contribution in [0.5, 0.6) is 0 Å². The fourth-order valence-electron chi connectivity index (χ4n) is 6.55. The molecule has 1 amide bonds. The number of carbonyl (C=O) groups is 2. The molecular formula is C33H45N5O3. The lowest BCUT2D eigenvalue weighted by atomic mass is 9.80. The van der Waals surface area contributed by atoms with Gasteiger partial charge in [0.2, 0.25) is 0 Å². The van der Waals surface area contributed by atoms with Crippen LogP contribution in [0.25, 0.3) is 22.5 Å². The van der Waals surface area contributed by atoms with E-state index in [4.69, 9.17) is 0 Å². The predicted octanol–water partition coefficient (Wildman–Crippen LogP) is 6.84. The van der Waals surface area contributed by atoms with Gasteiger partial charge >= 0.3 is 5.97 Å². The first-order valence-corrected chi connectivity index (χ1v) is 15.2. The van der Waals surface area contributed by atoms with Crippen LogP contribution in [0.15, 0.2) is 24.3 Å². The third kappa shape index (κ3) is 5.97. The summed E-state index contributed by atoms with van der Waals surface area (Å²) in [6.07, 6.45) is 7.25. The maximum Gasteiger partial charge on any atom is 0.306 e. The van der Waals surface area contributed by atoms with Crippen molar-refractivity contribution in [3.63, 3.8) is 0 Å². The normalized spacial score (nSPS) is 19.8. The monoisotopic (exact) mass is 559 g/mol. The maximum atomic E-state index is 13.5. The molecule has 0 spiro atoms. The number of carbonyl (C=O) groups excluding carboxylic acids is 1. The van der Waals surface area contributed by atoms with Crippen LogP contribution in [0.1, 0.15) is 113 Å². The maximum absolute atomic E-state index is 13.5. The summed E-state index contributed by atoms with van der Waals surface area (Å²) in [7, 11) is 0. The Morgan fingerprint density at radius 2 is 1.83 bits per heavy atom. The highest BCUT2D eigenvalue weighted by molar-refractivity contribution is 5.97. The van der Waals surface area contributed by atoms with Gasteiger partial charge in [-0.3, -0.25) is 14.7 Å². The van der Waals surface area contributed by atoms with Gasteiger partial charge in [0.25, 0.3) is 5.91 Å². The van der Waals surface area contributed by atoms with E-state index in [2.05, 4.69) is 78.1 Å². The summed E-state index contributed by atoms with van der Waals surface area (Å²) in [5.41, 5.74) is 7.83. The number of nitrogens with zero attached hydrogens (tertiary/aromatic N) is 3. The number of aliphatic carboxylic acids is 1. The standard InChI is InChI=1S/C33H45N5O3/c1-19(2)29-30(36-37-35-29)25-13-12-22(16-27(25)33(4,5)6)28-17-26(31(39)34-24-14-23(15-24)32(40)41)20(3)38(28)18-21-10-8-7-9-11-21/h12-13,16-17,19,21,23-24H,7-11,14-15,18H2,1-6H3,(H,34,39)(H,40,41)(H,35,36,37)/t23-,24-. The molecule has 8 heteroatoms. The van der Waals surface area contributed by atoms with Crippen LogP contribution in [0, 0.1) is 18.8 Å². The molecule has 0 unspecified atom stereocenters. The highest BCUT2D eigenvalue weighted by Gasteiger charge is 2.36. The summed E-state index contributed by atoms with van der Waals surface area (Å²) in [4.78, 5) is 24.7. The fourth-order valence-corrected chi connectivity index (χ4v) is 6.55. The van der Waals surface area contributed by atoms with Gasteiger partial charge in [0.15, 0.2) is 0 Å². The number of aromatic nitrogens is 4.